The minimum Gasteiger partial charge on any atom is -0.492 e. The normalized spacial score (nSPS) is 18.3. The minimum absolute atomic E-state index is 0.000938. The number of ether oxygens (including phenoxy) is 2. The molecule has 0 amide bonds. The van der Waals surface area contributed by atoms with Crippen molar-refractivity contribution in [3.05, 3.63) is 29.3 Å². The molecule has 1 aliphatic heterocycles. The number of rotatable bonds is 5. The van der Waals surface area contributed by atoms with Crippen molar-refractivity contribution in [3.8, 4) is 5.75 Å². The van der Waals surface area contributed by atoms with Crippen LogP contribution in [-0.2, 0) is 4.74 Å². The van der Waals surface area contributed by atoms with E-state index < -0.39 is 0 Å². The minimum atomic E-state index is -0.000938. The maximum Gasteiger partial charge on any atom is 0.124 e. The molecule has 1 aromatic rings. The van der Waals surface area contributed by atoms with Gasteiger partial charge in [0.25, 0.3) is 0 Å². The Labute approximate surface area is 115 Å². The second-order valence-electron chi connectivity index (χ2n) is 5.13. The molecule has 0 aliphatic carbocycles. The largest absolute Gasteiger partial charge is 0.492 e. The fraction of sp³-hybridized carbons (Fsp3) is 0.600. The first kappa shape index (κ1) is 14.3. The number of benzene rings is 1. The van der Waals surface area contributed by atoms with Crippen molar-refractivity contribution in [1.82, 2.24) is 4.90 Å². The molecule has 4 heteroatoms. The topological polar surface area (TPSA) is 47.7 Å². The monoisotopic (exact) mass is 264 g/mol. The Morgan fingerprint density at radius 3 is 2.79 bits per heavy atom. The maximum absolute atomic E-state index is 5.97. The summed E-state index contributed by atoms with van der Waals surface area (Å²) < 4.78 is 11.3. The summed E-state index contributed by atoms with van der Waals surface area (Å²) in [5.41, 5.74) is 8.25. The van der Waals surface area contributed by atoms with Crippen molar-refractivity contribution in [3.63, 3.8) is 0 Å². The van der Waals surface area contributed by atoms with E-state index in [1.165, 1.54) is 5.56 Å². The van der Waals surface area contributed by atoms with Crippen LogP contribution in [0.2, 0.25) is 0 Å². The van der Waals surface area contributed by atoms with Gasteiger partial charge in [-0.2, -0.15) is 0 Å². The van der Waals surface area contributed by atoms with E-state index in [9.17, 15) is 0 Å². The molecule has 2 N–H and O–H groups in total. The summed E-state index contributed by atoms with van der Waals surface area (Å²) in [6.07, 6.45) is 0. The van der Waals surface area contributed by atoms with Gasteiger partial charge in [0.05, 0.1) is 13.2 Å². The number of aryl methyl sites for hydroxylation is 1. The highest BCUT2D eigenvalue weighted by Gasteiger charge is 2.12. The predicted molar refractivity (Wildman–Crippen MR) is 76.5 cm³/mol. The van der Waals surface area contributed by atoms with Gasteiger partial charge in [0.2, 0.25) is 0 Å². The number of nitrogens with two attached hydrogens (primary N) is 1. The predicted octanol–water partition coefficient (Wildman–Crippen LogP) is 1.73. The first-order valence-electron chi connectivity index (χ1n) is 6.96. The van der Waals surface area contributed by atoms with Gasteiger partial charge in [-0.05, 0) is 25.5 Å². The molecule has 0 aromatic heterocycles. The Hall–Kier alpha value is -1.10. The lowest BCUT2D eigenvalue weighted by molar-refractivity contribution is 0.0322. The van der Waals surface area contributed by atoms with E-state index in [0.29, 0.717) is 6.61 Å². The third-order valence-electron chi connectivity index (χ3n) is 3.43. The zero-order valence-corrected chi connectivity index (χ0v) is 11.9. The lowest BCUT2D eigenvalue weighted by Gasteiger charge is -2.26. The molecule has 1 aromatic carbocycles. The second kappa shape index (κ2) is 6.89. The standard InChI is InChI=1S/C15H24N2O2/c1-12-3-4-14(13(2)16)15(11-12)19-10-7-17-5-8-18-9-6-17/h3-4,11,13H,5-10,16H2,1-2H3/t13-/m1/s1. The van der Waals surface area contributed by atoms with Gasteiger partial charge in [0.15, 0.2) is 0 Å². The Kier molecular flexibility index (Phi) is 5.19. The summed E-state index contributed by atoms with van der Waals surface area (Å²) in [6, 6.07) is 6.20. The summed E-state index contributed by atoms with van der Waals surface area (Å²) in [4.78, 5) is 2.37. The van der Waals surface area contributed by atoms with E-state index in [4.69, 9.17) is 15.2 Å². The Morgan fingerprint density at radius 2 is 2.11 bits per heavy atom. The van der Waals surface area contributed by atoms with Gasteiger partial charge in [-0.25, -0.2) is 0 Å². The highest BCUT2D eigenvalue weighted by Crippen LogP contribution is 2.25. The molecule has 0 radical (unpaired) electrons. The van der Waals surface area contributed by atoms with Crippen LogP contribution < -0.4 is 10.5 Å². The molecule has 19 heavy (non-hydrogen) atoms. The van der Waals surface area contributed by atoms with E-state index >= 15 is 0 Å². The summed E-state index contributed by atoms with van der Waals surface area (Å²) >= 11 is 0. The lowest BCUT2D eigenvalue weighted by Crippen LogP contribution is -2.38. The molecule has 0 bridgehead atoms. The third kappa shape index (κ3) is 4.20. The molecular weight excluding hydrogens is 240 g/mol. The van der Waals surface area contributed by atoms with Crippen molar-refractivity contribution in [2.75, 3.05) is 39.5 Å². The number of nitrogens with zero attached hydrogens (tertiary/aromatic N) is 1. The summed E-state index contributed by atoms with van der Waals surface area (Å²) in [7, 11) is 0. The van der Waals surface area contributed by atoms with Gasteiger partial charge in [-0.3, -0.25) is 4.90 Å². The molecule has 1 aliphatic rings. The average molecular weight is 264 g/mol. The Bertz CT molecular complexity index is 401. The van der Waals surface area contributed by atoms with Crippen LogP contribution >= 0.6 is 0 Å². The van der Waals surface area contributed by atoms with Gasteiger partial charge in [0, 0.05) is 31.2 Å². The van der Waals surface area contributed by atoms with Gasteiger partial charge in [-0.1, -0.05) is 12.1 Å². The van der Waals surface area contributed by atoms with Crippen LogP contribution in [0.3, 0.4) is 0 Å². The first-order valence-corrected chi connectivity index (χ1v) is 6.96. The molecule has 0 unspecified atom stereocenters. The Balaban J connectivity index is 1.89. The second-order valence-corrected chi connectivity index (χ2v) is 5.13. The number of morpholine rings is 1. The highest BCUT2D eigenvalue weighted by atomic mass is 16.5. The van der Waals surface area contributed by atoms with Gasteiger partial charge < -0.3 is 15.2 Å². The fourth-order valence-electron chi connectivity index (χ4n) is 2.25. The zero-order chi connectivity index (χ0) is 13.7. The van der Waals surface area contributed by atoms with Crippen LogP contribution in [0.25, 0.3) is 0 Å². The average Bonchev–Trinajstić information content (AvgIpc) is 2.39. The summed E-state index contributed by atoms with van der Waals surface area (Å²) in [5.74, 6) is 0.920. The molecule has 1 fully saturated rings. The van der Waals surface area contributed by atoms with Crippen molar-refractivity contribution in [1.29, 1.82) is 0 Å². The number of hydrogen-bond donors (Lipinski definition) is 1. The van der Waals surface area contributed by atoms with Gasteiger partial charge >= 0.3 is 0 Å². The lowest BCUT2D eigenvalue weighted by atomic mass is 10.1. The molecule has 0 spiro atoms. The van der Waals surface area contributed by atoms with E-state index in [-0.39, 0.29) is 6.04 Å². The fourth-order valence-corrected chi connectivity index (χ4v) is 2.25. The van der Waals surface area contributed by atoms with Crippen LogP contribution in [0.15, 0.2) is 18.2 Å². The molecule has 1 atom stereocenters. The molecular formula is C15H24N2O2. The van der Waals surface area contributed by atoms with E-state index in [2.05, 4.69) is 30.0 Å². The highest BCUT2D eigenvalue weighted by molar-refractivity contribution is 5.38. The summed E-state index contributed by atoms with van der Waals surface area (Å²) in [6.45, 7) is 9.35. The van der Waals surface area contributed by atoms with E-state index in [1.54, 1.807) is 0 Å². The van der Waals surface area contributed by atoms with E-state index in [0.717, 1.165) is 44.2 Å². The Morgan fingerprint density at radius 1 is 1.37 bits per heavy atom. The van der Waals surface area contributed by atoms with Crippen LogP contribution in [0.1, 0.15) is 24.1 Å². The van der Waals surface area contributed by atoms with Gasteiger partial charge in [0.1, 0.15) is 12.4 Å². The van der Waals surface area contributed by atoms with Crippen molar-refractivity contribution < 1.29 is 9.47 Å². The van der Waals surface area contributed by atoms with E-state index in [1.807, 2.05) is 6.92 Å². The third-order valence-corrected chi connectivity index (χ3v) is 3.43. The smallest absolute Gasteiger partial charge is 0.124 e. The van der Waals surface area contributed by atoms with Crippen LogP contribution in [0, 0.1) is 6.92 Å². The molecule has 1 saturated heterocycles. The van der Waals surface area contributed by atoms with Crippen molar-refractivity contribution in [2.24, 2.45) is 5.73 Å². The molecule has 1 heterocycles. The van der Waals surface area contributed by atoms with Crippen molar-refractivity contribution in [2.45, 2.75) is 19.9 Å². The summed E-state index contributed by atoms with van der Waals surface area (Å²) in [5, 5.41) is 0. The molecule has 4 nitrogen and oxygen atoms in total. The maximum atomic E-state index is 5.97. The molecule has 2 rings (SSSR count). The van der Waals surface area contributed by atoms with Crippen LogP contribution in [-0.4, -0.2) is 44.4 Å². The van der Waals surface area contributed by atoms with Crippen molar-refractivity contribution >= 4 is 0 Å². The molecule has 106 valence electrons. The number of hydrogen-bond acceptors (Lipinski definition) is 4. The SMILES string of the molecule is Cc1ccc([C@@H](C)N)c(OCCN2CCOCC2)c1. The van der Waals surface area contributed by atoms with Crippen LogP contribution in [0.5, 0.6) is 5.75 Å². The van der Waals surface area contributed by atoms with Gasteiger partial charge in [-0.15, -0.1) is 0 Å². The van der Waals surface area contributed by atoms with Crippen LogP contribution in [0.4, 0.5) is 0 Å². The first-order chi connectivity index (χ1) is 9.16. The molecule has 0 saturated carbocycles. The quantitative estimate of drug-likeness (QED) is 0.880. The zero-order valence-electron chi connectivity index (χ0n) is 11.9.